The summed E-state index contributed by atoms with van der Waals surface area (Å²) in [5.41, 5.74) is 0.541. The molecule has 0 unspecified atom stereocenters. The molecule has 0 aliphatic rings. The molecule has 0 aliphatic heterocycles. The molecular formula is C17H11ClF2N2O3. The molecule has 2 aromatic carbocycles. The largest absolute Gasteiger partial charge is 0.506 e. The van der Waals surface area contributed by atoms with Crippen molar-refractivity contribution in [1.29, 1.82) is 0 Å². The summed E-state index contributed by atoms with van der Waals surface area (Å²) in [7, 11) is 1.12. The first-order valence-corrected chi connectivity index (χ1v) is 7.41. The van der Waals surface area contributed by atoms with E-state index < -0.39 is 23.4 Å². The van der Waals surface area contributed by atoms with Crippen molar-refractivity contribution >= 4 is 39.9 Å². The van der Waals surface area contributed by atoms with Crippen LogP contribution in [0.3, 0.4) is 0 Å². The molecule has 0 radical (unpaired) electrons. The summed E-state index contributed by atoms with van der Waals surface area (Å²) < 4.78 is 31.4. The number of carbonyl (C=O) groups excluding carboxylic acids is 1. The van der Waals surface area contributed by atoms with Gasteiger partial charge in [-0.05, 0) is 24.3 Å². The molecule has 128 valence electrons. The number of fused-ring (bicyclic) bond motifs is 1. The number of ether oxygens (including phenoxy) is 1. The molecule has 1 heterocycles. The average Bonchev–Trinajstić information content (AvgIpc) is 3.01. The number of nitrogens with zero attached hydrogens (tertiary/aromatic N) is 1. The lowest BCUT2D eigenvalue weighted by Gasteiger charge is -2.09. The number of aliphatic hydroxyl groups is 1. The molecule has 25 heavy (non-hydrogen) atoms. The quantitative estimate of drug-likeness (QED) is 0.317. The van der Waals surface area contributed by atoms with Crippen LogP contribution in [0, 0.1) is 11.6 Å². The second-order valence-corrected chi connectivity index (χ2v) is 5.47. The molecule has 0 bridgehead atoms. The van der Waals surface area contributed by atoms with Gasteiger partial charge in [0.25, 0.3) is 0 Å². The molecule has 3 aromatic rings. The standard InChI is InChI=1S/C17H11ClF2N2O3/c1-25-17(24)14(16-21-12-4-2-3-5-13(12)22-16)15(23)8-6-10(19)11(20)7-9(8)18/h2-7,23H,1H3,(H,21,22)/b15-14+. The van der Waals surface area contributed by atoms with Gasteiger partial charge in [-0.3, -0.25) is 0 Å². The normalized spacial score (nSPS) is 12.2. The molecule has 3 rings (SSSR count). The highest BCUT2D eigenvalue weighted by Gasteiger charge is 2.25. The maximum absolute atomic E-state index is 13.5. The van der Waals surface area contributed by atoms with Crippen LogP contribution in [0.2, 0.25) is 5.02 Å². The van der Waals surface area contributed by atoms with Gasteiger partial charge in [-0.25, -0.2) is 18.6 Å². The number of esters is 1. The minimum absolute atomic E-state index is 0.00588. The zero-order valence-corrected chi connectivity index (χ0v) is 13.6. The van der Waals surface area contributed by atoms with Gasteiger partial charge in [0.05, 0.1) is 23.2 Å². The van der Waals surface area contributed by atoms with Gasteiger partial charge in [-0.1, -0.05) is 23.7 Å². The summed E-state index contributed by atoms with van der Waals surface area (Å²) in [6, 6.07) is 8.33. The van der Waals surface area contributed by atoms with Crippen LogP contribution in [-0.4, -0.2) is 28.2 Å². The van der Waals surface area contributed by atoms with Gasteiger partial charge in [-0.2, -0.15) is 0 Å². The smallest absolute Gasteiger partial charge is 0.345 e. The Hall–Kier alpha value is -2.93. The second kappa shape index (κ2) is 6.52. The second-order valence-electron chi connectivity index (χ2n) is 5.06. The van der Waals surface area contributed by atoms with Crippen LogP contribution in [-0.2, 0) is 9.53 Å². The minimum Gasteiger partial charge on any atom is -0.506 e. The van der Waals surface area contributed by atoms with Crippen LogP contribution in [0.5, 0.6) is 0 Å². The number of halogens is 3. The number of para-hydroxylation sites is 2. The van der Waals surface area contributed by atoms with E-state index >= 15 is 0 Å². The molecule has 5 nitrogen and oxygen atoms in total. The molecule has 2 N–H and O–H groups in total. The Kier molecular flexibility index (Phi) is 4.41. The Balaban J connectivity index is 2.26. The Morgan fingerprint density at radius 1 is 1.24 bits per heavy atom. The lowest BCUT2D eigenvalue weighted by atomic mass is 10.1. The first-order valence-electron chi connectivity index (χ1n) is 7.04. The van der Waals surface area contributed by atoms with E-state index in [-0.39, 0.29) is 22.0 Å². The highest BCUT2D eigenvalue weighted by atomic mass is 35.5. The van der Waals surface area contributed by atoms with Crippen molar-refractivity contribution in [3.8, 4) is 0 Å². The van der Waals surface area contributed by atoms with Crippen molar-refractivity contribution in [2.45, 2.75) is 0 Å². The van der Waals surface area contributed by atoms with Crippen LogP contribution in [0.1, 0.15) is 11.4 Å². The topological polar surface area (TPSA) is 75.2 Å². The predicted molar refractivity (Wildman–Crippen MR) is 88.9 cm³/mol. The lowest BCUT2D eigenvalue weighted by molar-refractivity contribution is -0.133. The van der Waals surface area contributed by atoms with Crippen LogP contribution in [0.15, 0.2) is 36.4 Å². The Labute approximate surface area is 145 Å². The molecule has 0 atom stereocenters. The molecule has 0 amide bonds. The summed E-state index contributed by atoms with van der Waals surface area (Å²) >= 11 is 5.87. The third-order valence-electron chi connectivity index (χ3n) is 3.52. The van der Waals surface area contributed by atoms with E-state index in [0.717, 1.165) is 7.11 Å². The van der Waals surface area contributed by atoms with Crippen LogP contribution in [0.4, 0.5) is 8.78 Å². The number of methoxy groups -OCH3 is 1. The van der Waals surface area contributed by atoms with Gasteiger partial charge in [0.2, 0.25) is 0 Å². The van der Waals surface area contributed by atoms with Crippen LogP contribution >= 0.6 is 11.6 Å². The maximum Gasteiger partial charge on any atom is 0.345 e. The highest BCUT2D eigenvalue weighted by molar-refractivity contribution is 6.33. The molecule has 1 aromatic heterocycles. The number of aliphatic hydroxyl groups excluding tert-OH is 1. The van der Waals surface area contributed by atoms with Gasteiger partial charge in [0, 0.05) is 5.56 Å². The highest BCUT2D eigenvalue weighted by Crippen LogP contribution is 2.31. The zero-order chi connectivity index (χ0) is 18.1. The number of aromatic nitrogens is 2. The number of aromatic amines is 1. The molecule has 0 spiro atoms. The Morgan fingerprint density at radius 3 is 2.60 bits per heavy atom. The van der Waals surface area contributed by atoms with Crippen molar-refractivity contribution in [1.82, 2.24) is 9.97 Å². The summed E-state index contributed by atoms with van der Waals surface area (Å²) in [6.45, 7) is 0. The van der Waals surface area contributed by atoms with E-state index in [1.807, 2.05) is 0 Å². The fourth-order valence-corrected chi connectivity index (χ4v) is 2.56. The van der Waals surface area contributed by atoms with E-state index in [0.29, 0.717) is 23.2 Å². The fourth-order valence-electron chi connectivity index (χ4n) is 2.32. The number of H-pyrrole nitrogens is 1. The van der Waals surface area contributed by atoms with E-state index in [2.05, 4.69) is 14.7 Å². The van der Waals surface area contributed by atoms with Gasteiger partial charge >= 0.3 is 5.97 Å². The third kappa shape index (κ3) is 3.06. The first kappa shape index (κ1) is 16.9. The van der Waals surface area contributed by atoms with Crippen molar-refractivity contribution in [3.63, 3.8) is 0 Å². The monoisotopic (exact) mass is 364 g/mol. The summed E-state index contributed by atoms with van der Waals surface area (Å²) in [6.07, 6.45) is 0. The predicted octanol–water partition coefficient (Wildman–Crippen LogP) is 4.09. The Bertz CT molecular complexity index is 981. The third-order valence-corrected chi connectivity index (χ3v) is 3.83. The number of nitrogens with one attached hydrogen (secondary N) is 1. The van der Waals surface area contributed by atoms with Crippen LogP contribution in [0.25, 0.3) is 22.4 Å². The number of imidazole rings is 1. The number of carbonyl (C=O) groups is 1. The molecule has 0 aliphatic carbocycles. The number of benzene rings is 2. The van der Waals surface area contributed by atoms with Crippen molar-refractivity contribution in [2.24, 2.45) is 0 Å². The fraction of sp³-hybridized carbons (Fsp3) is 0.0588. The average molecular weight is 365 g/mol. The summed E-state index contributed by atoms with van der Waals surface area (Å²) in [5, 5.41) is 10.2. The van der Waals surface area contributed by atoms with Crippen LogP contribution < -0.4 is 0 Å². The van der Waals surface area contributed by atoms with E-state index in [4.69, 9.17) is 11.6 Å². The molecule has 0 saturated carbocycles. The Morgan fingerprint density at radius 2 is 1.92 bits per heavy atom. The molecule has 0 fully saturated rings. The van der Waals surface area contributed by atoms with Crippen molar-refractivity contribution in [3.05, 3.63) is 64.4 Å². The molecular weight excluding hydrogens is 354 g/mol. The van der Waals surface area contributed by atoms with Gasteiger partial charge in [0.15, 0.2) is 11.6 Å². The number of rotatable bonds is 3. The van der Waals surface area contributed by atoms with Crippen molar-refractivity contribution < 1.29 is 23.4 Å². The lowest BCUT2D eigenvalue weighted by Crippen LogP contribution is -2.09. The van der Waals surface area contributed by atoms with Gasteiger partial charge in [0.1, 0.15) is 17.2 Å². The molecule has 0 saturated heterocycles. The van der Waals surface area contributed by atoms with E-state index in [1.165, 1.54) is 0 Å². The number of hydrogen-bond donors (Lipinski definition) is 2. The van der Waals surface area contributed by atoms with Gasteiger partial charge < -0.3 is 14.8 Å². The summed E-state index contributed by atoms with van der Waals surface area (Å²) in [5.74, 6) is -4.00. The van der Waals surface area contributed by atoms with E-state index in [1.54, 1.807) is 24.3 Å². The zero-order valence-electron chi connectivity index (χ0n) is 12.8. The first-order chi connectivity index (χ1) is 11.9. The number of hydrogen-bond acceptors (Lipinski definition) is 4. The van der Waals surface area contributed by atoms with Crippen molar-refractivity contribution in [2.75, 3.05) is 7.11 Å². The minimum atomic E-state index is -1.22. The summed E-state index contributed by atoms with van der Waals surface area (Å²) in [4.78, 5) is 19.2. The van der Waals surface area contributed by atoms with Gasteiger partial charge in [-0.15, -0.1) is 0 Å². The molecule has 8 heteroatoms. The SMILES string of the molecule is COC(=O)/C(=C(/O)c1cc(F)c(F)cc1Cl)c1nc2ccccc2[nH]1. The maximum atomic E-state index is 13.5. The van der Waals surface area contributed by atoms with E-state index in [9.17, 15) is 18.7 Å².